The number of anilines is 1. The molecule has 0 unspecified atom stereocenters. The fraction of sp³-hybridized carbons (Fsp3) is 0.389. The van der Waals surface area contributed by atoms with Gasteiger partial charge in [-0.25, -0.2) is 9.48 Å². The summed E-state index contributed by atoms with van der Waals surface area (Å²) in [6.07, 6.45) is 1.43. The second-order valence-corrected chi connectivity index (χ2v) is 6.25. The number of hydrogen-bond acceptors (Lipinski definition) is 7. The zero-order valence-corrected chi connectivity index (χ0v) is 16.1. The molecule has 0 aliphatic carbocycles. The van der Waals surface area contributed by atoms with Gasteiger partial charge in [0.1, 0.15) is 24.7 Å². The molecule has 0 amide bonds. The van der Waals surface area contributed by atoms with Gasteiger partial charge in [-0.2, -0.15) is 10.1 Å². The molecular formula is C18H21ClN4O4. The highest BCUT2D eigenvalue weighted by Gasteiger charge is 2.34. The van der Waals surface area contributed by atoms with Gasteiger partial charge in [0.05, 0.1) is 23.8 Å². The Hall–Kier alpha value is -2.58. The van der Waals surface area contributed by atoms with Crippen molar-refractivity contribution >= 4 is 23.5 Å². The van der Waals surface area contributed by atoms with Crippen LogP contribution in [0.2, 0.25) is 5.02 Å². The SMILES string of the molecule is CCOc1ccc([C@@H]2C(C(=O)OCCOC)=C(C)Nc3ncnn32)cc1Cl. The number of carbonyl (C=O) groups excluding carboxylic acids is 1. The number of aromatic nitrogens is 3. The van der Waals surface area contributed by atoms with E-state index in [4.69, 9.17) is 25.8 Å². The van der Waals surface area contributed by atoms with Crippen LogP contribution in [0.3, 0.4) is 0 Å². The van der Waals surface area contributed by atoms with Crippen LogP contribution in [-0.4, -0.2) is 47.7 Å². The number of nitrogens with zero attached hydrogens (tertiary/aromatic N) is 3. The third kappa shape index (κ3) is 3.91. The van der Waals surface area contributed by atoms with Crippen molar-refractivity contribution in [2.24, 2.45) is 0 Å². The number of nitrogens with one attached hydrogen (secondary N) is 1. The van der Waals surface area contributed by atoms with Crippen molar-refractivity contribution in [3.8, 4) is 5.75 Å². The molecule has 0 bridgehead atoms. The molecule has 0 radical (unpaired) electrons. The summed E-state index contributed by atoms with van der Waals surface area (Å²) in [7, 11) is 1.55. The number of ether oxygens (including phenoxy) is 3. The van der Waals surface area contributed by atoms with E-state index >= 15 is 0 Å². The second kappa shape index (κ2) is 8.41. The third-order valence-corrected chi connectivity index (χ3v) is 4.40. The molecule has 1 aromatic heterocycles. The van der Waals surface area contributed by atoms with Crippen LogP contribution >= 0.6 is 11.6 Å². The van der Waals surface area contributed by atoms with E-state index in [-0.39, 0.29) is 6.61 Å². The summed E-state index contributed by atoms with van der Waals surface area (Å²) in [6.45, 7) is 4.68. The Morgan fingerprint density at radius 2 is 2.19 bits per heavy atom. The van der Waals surface area contributed by atoms with Crippen LogP contribution in [0.15, 0.2) is 35.8 Å². The van der Waals surface area contributed by atoms with Crippen LogP contribution in [-0.2, 0) is 14.3 Å². The number of allylic oxidation sites excluding steroid dienone is 1. The van der Waals surface area contributed by atoms with Gasteiger partial charge in [-0.3, -0.25) is 0 Å². The standard InChI is InChI=1S/C18H21ClN4O4/c1-4-26-14-6-5-12(9-13(14)19)16-15(17(24)27-8-7-25-3)11(2)22-18-20-10-21-23(16)18/h5-6,9-10,16H,4,7-8H2,1-3H3,(H,20,21,22)/t16-/m1/s1. The van der Waals surface area contributed by atoms with E-state index in [0.29, 0.717) is 41.2 Å². The molecule has 1 aliphatic rings. The predicted molar refractivity (Wildman–Crippen MR) is 99.9 cm³/mol. The molecule has 3 rings (SSSR count). The zero-order valence-electron chi connectivity index (χ0n) is 15.4. The molecule has 2 heterocycles. The second-order valence-electron chi connectivity index (χ2n) is 5.85. The largest absolute Gasteiger partial charge is 0.492 e. The minimum atomic E-state index is -0.521. The van der Waals surface area contributed by atoms with E-state index in [1.165, 1.54) is 6.33 Å². The highest BCUT2D eigenvalue weighted by molar-refractivity contribution is 6.32. The van der Waals surface area contributed by atoms with Crippen LogP contribution < -0.4 is 10.1 Å². The zero-order chi connectivity index (χ0) is 19.4. The Kier molecular flexibility index (Phi) is 5.98. The first kappa shape index (κ1) is 19.2. The van der Waals surface area contributed by atoms with Gasteiger partial charge in [0.25, 0.3) is 0 Å². The Bertz CT molecular complexity index is 865. The van der Waals surface area contributed by atoms with Gasteiger partial charge in [0.15, 0.2) is 0 Å². The normalized spacial score (nSPS) is 15.9. The average Bonchev–Trinajstić information content (AvgIpc) is 3.10. The molecule has 1 aromatic carbocycles. The molecule has 0 fully saturated rings. The first-order valence-corrected chi connectivity index (χ1v) is 8.90. The van der Waals surface area contributed by atoms with Crippen molar-refractivity contribution in [3.63, 3.8) is 0 Å². The summed E-state index contributed by atoms with van der Waals surface area (Å²) in [5.74, 6) is 0.671. The van der Waals surface area contributed by atoms with Gasteiger partial charge in [-0.1, -0.05) is 17.7 Å². The van der Waals surface area contributed by atoms with Gasteiger partial charge in [0, 0.05) is 12.8 Å². The number of esters is 1. The van der Waals surface area contributed by atoms with Gasteiger partial charge in [-0.15, -0.1) is 0 Å². The number of benzene rings is 1. The van der Waals surface area contributed by atoms with Crippen molar-refractivity contribution in [2.75, 3.05) is 32.2 Å². The monoisotopic (exact) mass is 392 g/mol. The number of fused-ring (bicyclic) bond motifs is 1. The van der Waals surface area contributed by atoms with E-state index in [9.17, 15) is 4.79 Å². The summed E-state index contributed by atoms with van der Waals surface area (Å²) in [5, 5.41) is 7.81. The number of hydrogen-bond donors (Lipinski definition) is 1. The van der Waals surface area contributed by atoms with Crippen LogP contribution in [0.1, 0.15) is 25.5 Å². The summed E-state index contributed by atoms with van der Waals surface area (Å²) in [5.41, 5.74) is 1.85. The van der Waals surface area contributed by atoms with Crippen LogP contribution in [0.25, 0.3) is 0 Å². The lowest BCUT2D eigenvalue weighted by atomic mass is 9.95. The van der Waals surface area contributed by atoms with Crippen LogP contribution in [0, 0.1) is 0 Å². The Balaban J connectivity index is 2.01. The van der Waals surface area contributed by atoms with Crippen molar-refractivity contribution in [1.82, 2.24) is 14.8 Å². The highest BCUT2D eigenvalue weighted by atomic mass is 35.5. The molecule has 2 aromatic rings. The number of carbonyl (C=O) groups is 1. The summed E-state index contributed by atoms with van der Waals surface area (Å²) in [4.78, 5) is 17.0. The summed E-state index contributed by atoms with van der Waals surface area (Å²) < 4.78 is 17.4. The quantitative estimate of drug-likeness (QED) is 0.572. The van der Waals surface area contributed by atoms with Crippen LogP contribution in [0.5, 0.6) is 5.75 Å². The molecule has 0 saturated carbocycles. The topological polar surface area (TPSA) is 87.5 Å². The molecule has 8 nitrogen and oxygen atoms in total. The fourth-order valence-corrected chi connectivity index (χ4v) is 3.16. The van der Waals surface area contributed by atoms with Gasteiger partial charge in [0.2, 0.25) is 5.95 Å². The van der Waals surface area contributed by atoms with E-state index in [0.717, 1.165) is 5.56 Å². The Morgan fingerprint density at radius 1 is 1.37 bits per heavy atom. The molecule has 144 valence electrons. The molecule has 0 saturated heterocycles. The molecule has 27 heavy (non-hydrogen) atoms. The lowest BCUT2D eigenvalue weighted by Gasteiger charge is -2.28. The lowest BCUT2D eigenvalue weighted by molar-refractivity contribution is -0.140. The van der Waals surface area contributed by atoms with E-state index < -0.39 is 12.0 Å². The van der Waals surface area contributed by atoms with Gasteiger partial charge in [-0.05, 0) is 31.5 Å². The lowest BCUT2D eigenvalue weighted by Crippen LogP contribution is -2.30. The first-order valence-electron chi connectivity index (χ1n) is 8.52. The third-order valence-electron chi connectivity index (χ3n) is 4.11. The predicted octanol–water partition coefficient (Wildman–Crippen LogP) is 2.81. The number of methoxy groups -OCH3 is 1. The molecule has 1 atom stereocenters. The fourth-order valence-electron chi connectivity index (χ4n) is 2.92. The van der Waals surface area contributed by atoms with E-state index in [1.807, 2.05) is 13.0 Å². The van der Waals surface area contributed by atoms with E-state index in [2.05, 4.69) is 15.4 Å². The number of rotatable bonds is 7. The van der Waals surface area contributed by atoms with Crippen molar-refractivity contribution in [3.05, 3.63) is 46.4 Å². The summed E-state index contributed by atoms with van der Waals surface area (Å²) >= 11 is 6.36. The minimum Gasteiger partial charge on any atom is -0.492 e. The number of halogens is 1. The smallest absolute Gasteiger partial charge is 0.338 e. The maximum atomic E-state index is 12.8. The van der Waals surface area contributed by atoms with Gasteiger partial charge >= 0.3 is 5.97 Å². The average molecular weight is 393 g/mol. The molecule has 1 N–H and O–H groups in total. The van der Waals surface area contributed by atoms with E-state index in [1.54, 1.807) is 30.8 Å². The molecule has 1 aliphatic heterocycles. The minimum absolute atomic E-state index is 0.160. The Morgan fingerprint density at radius 3 is 2.89 bits per heavy atom. The highest BCUT2D eigenvalue weighted by Crippen LogP contribution is 2.37. The molecule has 9 heteroatoms. The van der Waals surface area contributed by atoms with Crippen molar-refractivity contribution in [1.29, 1.82) is 0 Å². The Labute approximate surface area is 162 Å². The molecule has 0 spiro atoms. The van der Waals surface area contributed by atoms with Crippen molar-refractivity contribution < 1.29 is 19.0 Å². The maximum absolute atomic E-state index is 12.8. The maximum Gasteiger partial charge on any atom is 0.338 e. The van der Waals surface area contributed by atoms with Gasteiger partial charge < -0.3 is 19.5 Å². The molecular weight excluding hydrogens is 372 g/mol. The summed E-state index contributed by atoms with van der Waals surface area (Å²) in [6, 6.07) is 4.88. The van der Waals surface area contributed by atoms with Crippen molar-refractivity contribution in [2.45, 2.75) is 19.9 Å². The first-order chi connectivity index (χ1) is 13.1. The van der Waals surface area contributed by atoms with Crippen LogP contribution in [0.4, 0.5) is 5.95 Å².